The number of hydrogen-bond donors (Lipinski definition) is 2. The number of nitrogens with one attached hydrogen (secondary N) is 2. The normalized spacial score (nSPS) is 17.9. The number of benzene rings is 1. The zero-order chi connectivity index (χ0) is 18.7. The standard InChI is InChI=1S/C17H19F3N4O2/c1-11-7-15(22-16(25)9-13-10-26-6-5-21-13)24(23-11)14-4-2-3-12(8-14)17(18,19)20/h2-4,7-8,13,21H,5-6,9-10H2,1H3,(H,22,25). The van der Waals surface area contributed by atoms with Gasteiger partial charge in [-0.2, -0.15) is 18.3 Å². The molecular formula is C17H19F3N4O2. The summed E-state index contributed by atoms with van der Waals surface area (Å²) in [6.07, 6.45) is -4.25. The molecule has 0 saturated carbocycles. The Morgan fingerprint density at radius 1 is 1.42 bits per heavy atom. The minimum absolute atomic E-state index is 0.0882. The van der Waals surface area contributed by atoms with Crippen molar-refractivity contribution in [1.29, 1.82) is 0 Å². The van der Waals surface area contributed by atoms with Gasteiger partial charge in [0.25, 0.3) is 0 Å². The number of aryl methyl sites for hydroxylation is 1. The van der Waals surface area contributed by atoms with E-state index in [1.807, 2.05) is 0 Å². The first-order valence-electron chi connectivity index (χ1n) is 8.18. The van der Waals surface area contributed by atoms with Crippen LogP contribution < -0.4 is 10.6 Å². The minimum atomic E-state index is -4.45. The van der Waals surface area contributed by atoms with Crippen LogP contribution in [0.2, 0.25) is 0 Å². The van der Waals surface area contributed by atoms with Gasteiger partial charge in [0.15, 0.2) is 0 Å². The highest BCUT2D eigenvalue weighted by Gasteiger charge is 2.30. The molecule has 1 fully saturated rings. The van der Waals surface area contributed by atoms with E-state index in [-0.39, 0.29) is 24.1 Å². The van der Waals surface area contributed by atoms with Crippen molar-refractivity contribution in [3.63, 3.8) is 0 Å². The van der Waals surface area contributed by atoms with Crippen LogP contribution in [0.25, 0.3) is 5.69 Å². The summed E-state index contributed by atoms with van der Waals surface area (Å²) < 4.78 is 45.4. The lowest BCUT2D eigenvalue weighted by Gasteiger charge is -2.23. The molecule has 2 N–H and O–H groups in total. The zero-order valence-corrected chi connectivity index (χ0v) is 14.1. The highest BCUT2D eigenvalue weighted by Crippen LogP contribution is 2.31. The van der Waals surface area contributed by atoms with Gasteiger partial charge >= 0.3 is 6.18 Å². The van der Waals surface area contributed by atoms with Crippen molar-refractivity contribution in [2.75, 3.05) is 25.1 Å². The Morgan fingerprint density at radius 2 is 2.23 bits per heavy atom. The van der Waals surface area contributed by atoms with E-state index in [0.29, 0.717) is 31.3 Å². The average Bonchev–Trinajstić information content (AvgIpc) is 2.95. The minimum Gasteiger partial charge on any atom is -0.378 e. The van der Waals surface area contributed by atoms with Crippen LogP contribution >= 0.6 is 0 Å². The molecule has 1 atom stereocenters. The van der Waals surface area contributed by atoms with Gasteiger partial charge in [-0.1, -0.05) is 6.07 Å². The molecule has 1 amide bonds. The number of carbonyl (C=O) groups is 1. The summed E-state index contributed by atoms with van der Waals surface area (Å²) >= 11 is 0. The predicted molar refractivity (Wildman–Crippen MR) is 89.2 cm³/mol. The lowest BCUT2D eigenvalue weighted by molar-refractivity contribution is -0.137. The number of amides is 1. The number of alkyl halides is 3. The SMILES string of the molecule is Cc1cc(NC(=O)CC2COCCN2)n(-c2cccc(C(F)(F)F)c2)n1. The number of ether oxygens (including phenoxy) is 1. The van der Waals surface area contributed by atoms with Gasteiger partial charge < -0.3 is 15.4 Å². The first kappa shape index (κ1) is 18.4. The lowest BCUT2D eigenvalue weighted by Crippen LogP contribution is -2.43. The van der Waals surface area contributed by atoms with E-state index in [2.05, 4.69) is 15.7 Å². The number of hydrogen-bond acceptors (Lipinski definition) is 4. The van der Waals surface area contributed by atoms with Crippen molar-refractivity contribution in [3.05, 3.63) is 41.6 Å². The smallest absolute Gasteiger partial charge is 0.378 e. The molecule has 0 radical (unpaired) electrons. The maximum Gasteiger partial charge on any atom is 0.416 e. The molecule has 1 aliphatic rings. The summed E-state index contributed by atoms with van der Waals surface area (Å²) in [5.74, 6) is 0.0599. The molecule has 0 bridgehead atoms. The van der Waals surface area contributed by atoms with E-state index in [1.165, 1.54) is 16.8 Å². The molecule has 0 spiro atoms. The van der Waals surface area contributed by atoms with Crippen LogP contribution in [-0.2, 0) is 15.7 Å². The molecule has 6 nitrogen and oxygen atoms in total. The third-order valence-electron chi connectivity index (χ3n) is 3.95. The molecule has 26 heavy (non-hydrogen) atoms. The van der Waals surface area contributed by atoms with Crippen molar-refractivity contribution in [3.8, 4) is 5.69 Å². The van der Waals surface area contributed by atoms with Crippen molar-refractivity contribution in [2.24, 2.45) is 0 Å². The van der Waals surface area contributed by atoms with Crippen molar-refractivity contribution in [2.45, 2.75) is 25.6 Å². The van der Waals surface area contributed by atoms with E-state index < -0.39 is 11.7 Å². The molecule has 2 aromatic rings. The van der Waals surface area contributed by atoms with Crippen LogP contribution in [0.3, 0.4) is 0 Å². The summed E-state index contributed by atoms with van der Waals surface area (Å²) in [6.45, 7) is 3.44. The van der Waals surface area contributed by atoms with Gasteiger partial charge in [0.1, 0.15) is 5.82 Å². The van der Waals surface area contributed by atoms with Gasteiger partial charge in [-0.15, -0.1) is 0 Å². The van der Waals surface area contributed by atoms with E-state index >= 15 is 0 Å². The molecule has 1 aliphatic heterocycles. The molecule has 9 heteroatoms. The Labute approximate surface area is 148 Å². The lowest BCUT2D eigenvalue weighted by atomic mass is 10.2. The summed E-state index contributed by atoms with van der Waals surface area (Å²) in [5, 5.41) is 10.1. The van der Waals surface area contributed by atoms with Crippen LogP contribution in [0.4, 0.5) is 19.0 Å². The average molecular weight is 368 g/mol. The largest absolute Gasteiger partial charge is 0.416 e. The second-order valence-electron chi connectivity index (χ2n) is 6.11. The van der Waals surface area contributed by atoms with Gasteiger partial charge in [-0.3, -0.25) is 4.79 Å². The van der Waals surface area contributed by atoms with Gasteiger partial charge in [-0.05, 0) is 25.1 Å². The molecule has 1 aromatic heterocycles. The summed E-state index contributed by atoms with van der Waals surface area (Å²) in [6, 6.07) is 6.33. The molecule has 2 heterocycles. The molecule has 140 valence electrons. The maximum absolute atomic E-state index is 12.9. The van der Waals surface area contributed by atoms with Gasteiger partial charge in [-0.25, -0.2) is 4.68 Å². The maximum atomic E-state index is 12.9. The Kier molecular flexibility index (Phi) is 5.28. The molecule has 1 unspecified atom stereocenters. The van der Waals surface area contributed by atoms with E-state index in [0.717, 1.165) is 12.1 Å². The Bertz CT molecular complexity index is 783. The topological polar surface area (TPSA) is 68.2 Å². The first-order chi connectivity index (χ1) is 12.3. The molecule has 1 aromatic carbocycles. The van der Waals surface area contributed by atoms with Crippen LogP contribution in [0.15, 0.2) is 30.3 Å². The number of anilines is 1. The van der Waals surface area contributed by atoms with Crippen LogP contribution in [0.5, 0.6) is 0 Å². The predicted octanol–water partition coefficient (Wildman–Crippen LogP) is 2.52. The molecule has 3 rings (SSSR count). The zero-order valence-electron chi connectivity index (χ0n) is 14.1. The number of rotatable bonds is 4. The molecule has 0 aliphatic carbocycles. The number of halogens is 3. The van der Waals surface area contributed by atoms with Crippen molar-refractivity contribution >= 4 is 11.7 Å². The third-order valence-corrected chi connectivity index (χ3v) is 3.95. The van der Waals surface area contributed by atoms with Crippen LogP contribution in [-0.4, -0.2) is 41.5 Å². The van der Waals surface area contributed by atoms with Gasteiger partial charge in [0.05, 0.1) is 30.2 Å². The van der Waals surface area contributed by atoms with E-state index in [4.69, 9.17) is 4.74 Å². The highest BCUT2D eigenvalue weighted by molar-refractivity contribution is 5.90. The van der Waals surface area contributed by atoms with Gasteiger partial charge in [0, 0.05) is 25.1 Å². The fourth-order valence-corrected chi connectivity index (χ4v) is 2.77. The van der Waals surface area contributed by atoms with E-state index in [1.54, 1.807) is 13.0 Å². The summed E-state index contributed by atoms with van der Waals surface area (Å²) in [5.41, 5.74) is 0.0307. The van der Waals surface area contributed by atoms with Crippen molar-refractivity contribution < 1.29 is 22.7 Å². The molecular weight excluding hydrogens is 349 g/mol. The van der Waals surface area contributed by atoms with Gasteiger partial charge in [0.2, 0.25) is 5.91 Å². The number of morpholine rings is 1. The number of nitrogens with zero attached hydrogens (tertiary/aromatic N) is 2. The fourth-order valence-electron chi connectivity index (χ4n) is 2.77. The third kappa shape index (κ3) is 4.41. The quantitative estimate of drug-likeness (QED) is 0.870. The second-order valence-corrected chi connectivity index (χ2v) is 6.11. The van der Waals surface area contributed by atoms with Crippen LogP contribution in [0.1, 0.15) is 17.7 Å². The molecule has 1 saturated heterocycles. The Hall–Kier alpha value is -2.39. The van der Waals surface area contributed by atoms with E-state index in [9.17, 15) is 18.0 Å². The first-order valence-corrected chi connectivity index (χ1v) is 8.18. The monoisotopic (exact) mass is 368 g/mol. The summed E-state index contributed by atoms with van der Waals surface area (Å²) in [4.78, 5) is 12.3. The van der Waals surface area contributed by atoms with Crippen molar-refractivity contribution in [1.82, 2.24) is 15.1 Å². The Morgan fingerprint density at radius 3 is 2.92 bits per heavy atom. The number of carbonyl (C=O) groups excluding carboxylic acids is 1. The fraction of sp³-hybridized carbons (Fsp3) is 0.412. The number of aromatic nitrogens is 2. The second kappa shape index (κ2) is 7.46. The Balaban J connectivity index is 1.79. The highest BCUT2D eigenvalue weighted by atomic mass is 19.4. The summed E-state index contributed by atoms with van der Waals surface area (Å²) in [7, 11) is 0. The van der Waals surface area contributed by atoms with Crippen LogP contribution in [0, 0.1) is 6.92 Å².